The van der Waals surface area contributed by atoms with E-state index in [4.69, 9.17) is 9.47 Å². The van der Waals surface area contributed by atoms with Crippen LogP contribution in [0.4, 0.5) is 10.5 Å². The van der Waals surface area contributed by atoms with Gasteiger partial charge < -0.3 is 9.47 Å². The zero-order valence-electron chi connectivity index (χ0n) is 11.0. The molecule has 0 unspecified atom stereocenters. The Labute approximate surface area is 116 Å². The number of rotatable bonds is 3. The van der Waals surface area contributed by atoms with Gasteiger partial charge in [0.1, 0.15) is 11.4 Å². The summed E-state index contributed by atoms with van der Waals surface area (Å²) >= 11 is 3.38. The minimum Gasteiger partial charge on any atom is -0.497 e. The quantitative estimate of drug-likeness (QED) is 0.859. The first kappa shape index (κ1) is 14.8. The molecule has 0 aliphatic rings. The maximum Gasteiger partial charge on any atom is 0.412 e. The summed E-state index contributed by atoms with van der Waals surface area (Å²) in [5, 5.41) is 3.34. The molecule has 1 aromatic carbocycles. The molecule has 1 amide bonds. The number of halogens is 1. The van der Waals surface area contributed by atoms with Crippen LogP contribution in [0.5, 0.6) is 5.75 Å². The van der Waals surface area contributed by atoms with Crippen LogP contribution in [0, 0.1) is 0 Å². The zero-order chi connectivity index (χ0) is 13.8. The molecule has 0 spiro atoms. The SMILES string of the molecule is COc1ccc(NC(=O)OC(C)(C)C)c(CBr)c1. The summed E-state index contributed by atoms with van der Waals surface area (Å²) in [6.07, 6.45) is -0.463. The van der Waals surface area contributed by atoms with Crippen LogP contribution in [-0.4, -0.2) is 18.8 Å². The normalized spacial score (nSPS) is 10.9. The number of benzene rings is 1. The summed E-state index contributed by atoms with van der Waals surface area (Å²) < 4.78 is 10.3. The van der Waals surface area contributed by atoms with Crippen LogP contribution in [0.2, 0.25) is 0 Å². The van der Waals surface area contributed by atoms with E-state index in [0.29, 0.717) is 11.0 Å². The Kier molecular flexibility index (Phi) is 5.02. The maximum atomic E-state index is 11.7. The van der Waals surface area contributed by atoms with Crippen LogP contribution >= 0.6 is 15.9 Å². The summed E-state index contributed by atoms with van der Waals surface area (Å²) in [5.74, 6) is 0.749. The molecule has 0 radical (unpaired) electrons. The van der Waals surface area contributed by atoms with Crippen molar-refractivity contribution in [2.45, 2.75) is 31.7 Å². The summed E-state index contributed by atoms with van der Waals surface area (Å²) in [6.45, 7) is 5.48. The van der Waals surface area contributed by atoms with Crippen LogP contribution in [0.15, 0.2) is 18.2 Å². The Balaban J connectivity index is 2.81. The Morgan fingerprint density at radius 1 is 1.39 bits per heavy atom. The Bertz CT molecular complexity index is 427. The van der Waals surface area contributed by atoms with Crippen LogP contribution in [0.3, 0.4) is 0 Å². The van der Waals surface area contributed by atoms with E-state index in [1.54, 1.807) is 19.2 Å². The van der Waals surface area contributed by atoms with E-state index < -0.39 is 11.7 Å². The smallest absolute Gasteiger partial charge is 0.412 e. The van der Waals surface area contributed by atoms with Crippen molar-refractivity contribution in [2.24, 2.45) is 0 Å². The van der Waals surface area contributed by atoms with E-state index in [2.05, 4.69) is 21.2 Å². The average Bonchev–Trinajstić information content (AvgIpc) is 2.27. The number of carbonyl (C=O) groups is 1. The minimum atomic E-state index is -0.509. The molecule has 1 aromatic rings. The molecule has 0 heterocycles. The van der Waals surface area contributed by atoms with Gasteiger partial charge in [-0.15, -0.1) is 0 Å². The first-order valence-electron chi connectivity index (χ1n) is 5.58. The van der Waals surface area contributed by atoms with Gasteiger partial charge in [-0.1, -0.05) is 15.9 Å². The van der Waals surface area contributed by atoms with E-state index in [9.17, 15) is 4.79 Å². The largest absolute Gasteiger partial charge is 0.497 e. The lowest BCUT2D eigenvalue weighted by Gasteiger charge is -2.20. The Morgan fingerprint density at radius 2 is 2.06 bits per heavy atom. The van der Waals surface area contributed by atoms with Gasteiger partial charge >= 0.3 is 6.09 Å². The monoisotopic (exact) mass is 315 g/mol. The second kappa shape index (κ2) is 6.09. The van der Waals surface area contributed by atoms with Gasteiger partial charge in [0.05, 0.1) is 7.11 Å². The van der Waals surface area contributed by atoms with Crippen LogP contribution in [0.25, 0.3) is 0 Å². The number of hydrogen-bond acceptors (Lipinski definition) is 3. The van der Waals surface area contributed by atoms with Gasteiger partial charge in [0.15, 0.2) is 0 Å². The van der Waals surface area contributed by atoms with Gasteiger partial charge in [0.2, 0.25) is 0 Å². The molecule has 4 nitrogen and oxygen atoms in total. The predicted octanol–water partition coefficient (Wildman–Crippen LogP) is 3.94. The van der Waals surface area contributed by atoms with Gasteiger partial charge in [-0.05, 0) is 44.5 Å². The highest BCUT2D eigenvalue weighted by molar-refractivity contribution is 9.08. The molecule has 0 bridgehead atoms. The fourth-order valence-electron chi connectivity index (χ4n) is 1.34. The van der Waals surface area contributed by atoms with Crippen molar-refractivity contribution in [1.29, 1.82) is 0 Å². The molecule has 1 rings (SSSR count). The second-order valence-electron chi connectivity index (χ2n) is 4.78. The lowest BCUT2D eigenvalue weighted by atomic mass is 10.2. The highest BCUT2D eigenvalue weighted by Crippen LogP contribution is 2.24. The number of ether oxygens (including phenoxy) is 2. The number of hydrogen-bond donors (Lipinski definition) is 1. The van der Waals surface area contributed by atoms with E-state index in [1.165, 1.54) is 0 Å². The van der Waals surface area contributed by atoms with Crippen molar-refractivity contribution in [3.8, 4) is 5.75 Å². The lowest BCUT2D eigenvalue weighted by molar-refractivity contribution is 0.0636. The van der Waals surface area contributed by atoms with E-state index >= 15 is 0 Å². The van der Waals surface area contributed by atoms with E-state index in [-0.39, 0.29) is 0 Å². The third kappa shape index (κ3) is 4.56. The number of carbonyl (C=O) groups excluding carboxylic acids is 1. The number of nitrogens with one attached hydrogen (secondary N) is 1. The molecule has 5 heteroatoms. The molecule has 100 valence electrons. The summed E-state index contributed by atoms with van der Waals surface area (Å²) in [7, 11) is 1.61. The molecule has 0 aliphatic carbocycles. The molecule has 0 saturated heterocycles. The van der Waals surface area contributed by atoms with Gasteiger partial charge in [-0.25, -0.2) is 4.79 Å². The van der Waals surface area contributed by atoms with Gasteiger partial charge in [0, 0.05) is 11.0 Å². The molecule has 0 aliphatic heterocycles. The summed E-state index contributed by atoms with van der Waals surface area (Å²) in [5.41, 5.74) is 1.13. The fraction of sp³-hybridized carbons (Fsp3) is 0.462. The van der Waals surface area contributed by atoms with Crippen molar-refractivity contribution in [3.05, 3.63) is 23.8 Å². The van der Waals surface area contributed by atoms with Crippen LogP contribution < -0.4 is 10.1 Å². The standard InChI is InChI=1S/C13H18BrNO3/c1-13(2,3)18-12(16)15-11-6-5-10(17-4)7-9(11)8-14/h5-7H,8H2,1-4H3,(H,15,16). The van der Waals surface area contributed by atoms with Gasteiger partial charge in [-0.3, -0.25) is 5.32 Å². The third-order valence-electron chi connectivity index (χ3n) is 2.09. The third-order valence-corrected chi connectivity index (χ3v) is 2.70. The highest BCUT2D eigenvalue weighted by Gasteiger charge is 2.17. The first-order valence-corrected chi connectivity index (χ1v) is 6.71. The number of amides is 1. The molecule has 0 saturated carbocycles. The van der Waals surface area contributed by atoms with E-state index in [1.807, 2.05) is 26.8 Å². The van der Waals surface area contributed by atoms with Gasteiger partial charge in [-0.2, -0.15) is 0 Å². The number of anilines is 1. The van der Waals surface area contributed by atoms with Crippen LogP contribution in [-0.2, 0) is 10.1 Å². The van der Waals surface area contributed by atoms with Crippen molar-refractivity contribution in [2.75, 3.05) is 12.4 Å². The maximum absolute atomic E-state index is 11.7. The predicted molar refractivity (Wildman–Crippen MR) is 75.5 cm³/mol. The van der Waals surface area contributed by atoms with Crippen molar-refractivity contribution < 1.29 is 14.3 Å². The molecular weight excluding hydrogens is 298 g/mol. The van der Waals surface area contributed by atoms with Crippen molar-refractivity contribution in [3.63, 3.8) is 0 Å². The second-order valence-corrected chi connectivity index (χ2v) is 5.34. The number of methoxy groups -OCH3 is 1. The molecule has 0 atom stereocenters. The fourth-order valence-corrected chi connectivity index (χ4v) is 1.81. The molecular formula is C13H18BrNO3. The first-order chi connectivity index (χ1) is 8.35. The summed E-state index contributed by atoms with van der Waals surface area (Å²) in [4.78, 5) is 11.7. The average molecular weight is 316 g/mol. The van der Waals surface area contributed by atoms with Crippen molar-refractivity contribution >= 4 is 27.7 Å². The molecule has 0 aromatic heterocycles. The molecule has 0 fully saturated rings. The minimum absolute atomic E-state index is 0.463. The van der Waals surface area contributed by atoms with E-state index in [0.717, 1.165) is 11.3 Å². The Hall–Kier alpha value is -1.23. The zero-order valence-corrected chi connectivity index (χ0v) is 12.6. The van der Waals surface area contributed by atoms with Crippen molar-refractivity contribution in [1.82, 2.24) is 0 Å². The highest BCUT2D eigenvalue weighted by atomic mass is 79.9. The Morgan fingerprint density at radius 3 is 2.56 bits per heavy atom. The molecule has 18 heavy (non-hydrogen) atoms. The summed E-state index contributed by atoms with van der Waals surface area (Å²) in [6, 6.07) is 5.44. The lowest BCUT2D eigenvalue weighted by Crippen LogP contribution is -2.27. The molecule has 1 N–H and O–H groups in total. The number of alkyl halides is 1. The topological polar surface area (TPSA) is 47.6 Å². The van der Waals surface area contributed by atoms with Crippen LogP contribution in [0.1, 0.15) is 26.3 Å². The van der Waals surface area contributed by atoms with Gasteiger partial charge in [0.25, 0.3) is 0 Å².